The molecular weight excluding hydrogens is 443 g/mol. The van der Waals surface area contributed by atoms with Crippen LogP contribution in [0.3, 0.4) is 0 Å². The maximum atomic E-state index is 13.7. The molecule has 1 aromatic heterocycles. The Hall–Kier alpha value is -2.83. The van der Waals surface area contributed by atoms with E-state index in [1.165, 1.54) is 24.7 Å². The second kappa shape index (κ2) is 8.60. The zero-order chi connectivity index (χ0) is 23.8. The average molecular weight is 469 g/mol. The first-order valence-electron chi connectivity index (χ1n) is 9.83. The highest BCUT2D eigenvalue weighted by Gasteiger charge is 2.33. The molecule has 1 aromatic carbocycles. The van der Waals surface area contributed by atoms with Crippen molar-refractivity contribution in [3.63, 3.8) is 0 Å². The van der Waals surface area contributed by atoms with Crippen LogP contribution in [0.5, 0.6) is 5.75 Å². The molecular formula is C20H25FN4O6S. The van der Waals surface area contributed by atoms with Crippen LogP contribution in [-0.4, -0.2) is 54.0 Å². The predicted octanol–water partition coefficient (Wildman–Crippen LogP) is 0.924. The van der Waals surface area contributed by atoms with E-state index < -0.39 is 44.4 Å². The summed E-state index contributed by atoms with van der Waals surface area (Å²) in [6.45, 7) is 3.76. The van der Waals surface area contributed by atoms with Crippen molar-refractivity contribution >= 4 is 15.9 Å². The van der Waals surface area contributed by atoms with Crippen molar-refractivity contribution in [2.45, 2.75) is 43.9 Å². The molecule has 0 aliphatic carbocycles. The van der Waals surface area contributed by atoms with Gasteiger partial charge in [-0.05, 0) is 38.0 Å². The summed E-state index contributed by atoms with van der Waals surface area (Å²) in [6.07, 6.45) is 0.538. The molecule has 1 aliphatic rings. The third-order valence-electron chi connectivity index (χ3n) is 5.12. The lowest BCUT2D eigenvalue weighted by Gasteiger charge is -2.25. The summed E-state index contributed by atoms with van der Waals surface area (Å²) in [6, 6.07) is 3.17. The largest absolute Gasteiger partial charge is 0.501 e. The summed E-state index contributed by atoms with van der Waals surface area (Å²) in [4.78, 5) is 29.3. The lowest BCUT2D eigenvalue weighted by atomic mass is 10.1. The van der Waals surface area contributed by atoms with Gasteiger partial charge in [-0.3, -0.25) is 14.2 Å². The molecule has 0 fully saturated rings. The number of amides is 1. The van der Waals surface area contributed by atoms with E-state index in [4.69, 9.17) is 4.74 Å². The van der Waals surface area contributed by atoms with Gasteiger partial charge in [-0.15, -0.1) is 0 Å². The molecule has 0 atom stereocenters. The Balaban J connectivity index is 1.96. The van der Waals surface area contributed by atoms with Crippen molar-refractivity contribution in [2.24, 2.45) is 0 Å². The van der Waals surface area contributed by atoms with Crippen molar-refractivity contribution in [1.29, 1.82) is 0 Å². The molecule has 2 aromatic rings. The number of halogens is 1. The van der Waals surface area contributed by atoms with Crippen LogP contribution in [0.25, 0.3) is 0 Å². The van der Waals surface area contributed by atoms with E-state index in [0.717, 1.165) is 16.4 Å². The molecule has 32 heavy (non-hydrogen) atoms. The summed E-state index contributed by atoms with van der Waals surface area (Å²) in [5.74, 6) is -2.26. The molecule has 1 amide bonds. The highest BCUT2D eigenvalue weighted by atomic mass is 32.2. The van der Waals surface area contributed by atoms with Gasteiger partial charge in [-0.1, -0.05) is 6.07 Å². The zero-order valence-corrected chi connectivity index (χ0v) is 19.0. The topological polar surface area (TPSA) is 131 Å². The first kappa shape index (κ1) is 23.8. The molecule has 2 heterocycles. The number of rotatable bonds is 5. The highest BCUT2D eigenvalue weighted by Crippen LogP contribution is 2.27. The number of ether oxygens (including phenoxy) is 1. The molecule has 0 unspecified atom stereocenters. The van der Waals surface area contributed by atoms with E-state index in [1.54, 1.807) is 13.8 Å². The second-order valence-electron chi connectivity index (χ2n) is 8.02. The minimum atomic E-state index is -3.98. The van der Waals surface area contributed by atoms with E-state index in [1.807, 2.05) is 0 Å². The van der Waals surface area contributed by atoms with Gasteiger partial charge in [0.05, 0.1) is 4.90 Å². The fraction of sp³-hybridized carbons (Fsp3) is 0.450. The van der Waals surface area contributed by atoms with Gasteiger partial charge in [0.2, 0.25) is 15.8 Å². The number of hydrogen-bond acceptors (Lipinski definition) is 7. The fourth-order valence-corrected chi connectivity index (χ4v) is 4.48. The minimum Gasteiger partial charge on any atom is -0.501 e. The summed E-state index contributed by atoms with van der Waals surface area (Å²) in [5.41, 5.74) is -2.11. The smallest absolute Gasteiger partial charge is 0.296 e. The summed E-state index contributed by atoms with van der Waals surface area (Å²) in [7, 11) is -1.38. The minimum absolute atomic E-state index is 0.128. The van der Waals surface area contributed by atoms with Crippen LogP contribution in [0.15, 0.2) is 27.9 Å². The lowest BCUT2D eigenvalue weighted by Crippen LogP contribution is -2.36. The molecule has 3 rings (SSSR count). The SMILES string of the molecule is CN(C)S(=O)(=O)c1cc(F)ccc1CNC(=O)c1nc2n(c(=O)c1O)CCCOC2(C)C. The number of nitrogens with zero attached hydrogens (tertiary/aromatic N) is 3. The lowest BCUT2D eigenvalue weighted by molar-refractivity contribution is -0.0227. The van der Waals surface area contributed by atoms with Crippen LogP contribution < -0.4 is 10.9 Å². The van der Waals surface area contributed by atoms with Crippen LogP contribution in [0.4, 0.5) is 4.39 Å². The number of carbonyl (C=O) groups is 1. The third-order valence-corrected chi connectivity index (χ3v) is 7.01. The van der Waals surface area contributed by atoms with Gasteiger partial charge in [-0.2, -0.15) is 0 Å². The van der Waals surface area contributed by atoms with Gasteiger partial charge in [0.1, 0.15) is 17.2 Å². The summed E-state index contributed by atoms with van der Waals surface area (Å²) < 4.78 is 46.7. The first-order chi connectivity index (χ1) is 14.9. The van der Waals surface area contributed by atoms with E-state index >= 15 is 0 Å². The molecule has 0 spiro atoms. The Bertz CT molecular complexity index is 1220. The maximum absolute atomic E-state index is 13.7. The van der Waals surface area contributed by atoms with E-state index in [2.05, 4.69) is 10.3 Å². The normalized spacial score (nSPS) is 15.8. The maximum Gasteiger partial charge on any atom is 0.296 e. The van der Waals surface area contributed by atoms with Gasteiger partial charge < -0.3 is 15.2 Å². The van der Waals surface area contributed by atoms with Crippen LogP contribution in [0, 0.1) is 5.82 Å². The zero-order valence-electron chi connectivity index (χ0n) is 18.2. The number of fused-ring (bicyclic) bond motifs is 1. The quantitative estimate of drug-likeness (QED) is 0.667. The van der Waals surface area contributed by atoms with Gasteiger partial charge in [0, 0.05) is 33.8 Å². The Kier molecular flexibility index (Phi) is 6.40. The van der Waals surface area contributed by atoms with Crippen LogP contribution in [0.1, 0.15) is 42.1 Å². The number of carbonyl (C=O) groups excluding carboxylic acids is 1. The third kappa shape index (κ3) is 4.38. The monoisotopic (exact) mass is 468 g/mol. The van der Waals surface area contributed by atoms with Crippen molar-refractivity contribution in [3.05, 3.63) is 51.5 Å². The van der Waals surface area contributed by atoms with Crippen molar-refractivity contribution in [2.75, 3.05) is 20.7 Å². The summed E-state index contributed by atoms with van der Waals surface area (Å²) >= 11 is 0. The van der Waals surface area contributed by atoms with Crippen molar-refractivity contribution < 1.29 is 27.4 Å². The second-order valence-corrected chi connectivity index (χ2v) is 10.1. The van der Waals surface area contributed by atoms with Gasteiger partial charge in [-0.25, -0.2) is 22.1 Å². The number of benzene rings is 1. The van der Waals surface area contributed by atoms with E-state index in [9.17, 15) is 27.5 Å². The molecule has 0 saturated heterocycles. The number of nitrogens with one attached hydrogen (secondary N) is 1. The Labute approximate surface area is 184 Å². The molecule has 0 radical (unpaired) electrons. The molecule has 1 aliphatic heterocycles. The van der Waals surface area contributed by atoms with Crippen molar-refractivity contribution in [3.8, 4) is 5.75 Å². The van der Waals surface area contributed by atoms with Crippen molar-refractivity contribution in [1.82, 2.24) is 19.2 Å². The van der Waals surface area contributed by atoms with Gasteiger partial charge >= 0.3 is 0 Å². The number of aromatic nitrogens is 2. The van der Waals surface area contributed by atoms with Gasteiger partial charge in [0.25, 0.3) is 11.5 Å². The highest BCUT2D eigenvalue weighted by molar-refractivity contribution is 7.89. The van der Waals surface area contributed by atoms with E-state index in [0.29, 0.717) is 13.0 Å². The summed E-state index contributed by atoms with van der Waals surface area (Å²) in [5, 5.41) is 12.8. The van der Waals surface area contributed by atoms with Crippen LogP contribution in [-0.2, 0) is 33.5 Å². The van der Waals surface area contributed by atoms with Crippen LogP contribution in [0.2, 0.25) is 0 Å². The molecule has 12 heteroatoms. The number of aromatic hydroxyl groups is 1. The Morgan fingerprint density at radius 3 is 2.72 bits per heavy atom. The predicted molar refractivity (Wildman–Crippen MR) is 112 cm³/mol. The fourth-order valence-electron chi connectivity index (χ4n) is 3.35. The first-order valence-corrected chi connectivity index (χ1v) is 11.3. The average Bonchev–Trinajstić information content (AvgIpc) is 2.87. The Morgan fingerprint density at radius 1 is 1.38 bits per heavy atom. The molecule has 2 N–H and O–H groups in total. The van der Waals surface area contributed by atoms with Crippen LogP contribution >= 0.6 is 0 Å². The van der Waals surface area contributed by atoms with Gasteiger partial charge in [0.15, 0.2) is 5.69 Å². The molecule has 174 valence electrons. The molecule has 0 saturated carbocycles. The standard InChI is InChI=1S/C20H25FN4O6S/c1-20(2)19-23-15(16(26)18(28)25(19)8-5-9-31-20)17(27)22-11-12-6-7-13(21)10-14(12)32(29,30)24(3)4/h6-7,10,26H,5,8-9,11H2,1-4H3,(H,22,27). The van der Waals surface area contributed by atoms with E-state index in [-0.39, 0.29) is 29.4 Å². The number of sulfonamides is 1. The molecule has 10 nitrogen and oxygen atoms in total. The number of hydrogen-bond donors (Lipinski definition) is 2. The molecule has 0 bridgehead atoms. The Morgan fingerprint density at radius 2 is 2.06 bits per heavy atom.